The average Bonchev–Trinajstić information content (AvgIpc) is 2.98. The molecule has 0 N–H and O–H groups in total. The number of hydrogen-bond donors (Lipinski definition) is 3. The molecule has 3 heteroatoms. The molecule has 0 spiro atoms. The summed E-state index contributed by atoms with van der Waals surface area (Å²) in [6.07, 6.45) is 19.2. The molecule has 0 radical (unpaired) electrons. The van der Waals surface area contributed by atoms with Gasteiger partial charge in [-0.3, -0.25) is 0 Å². The Bertz CT molecular complexity index is 1690. The Morgan fingerprint density at radius 1 is 0.711 bits per heavy atom. The lowest BCUT2D eigenvalue weighted by Crippen LogP contribution is -2.63. The second-order valence-corrected chi connectivity index (χ2v) is 17.5. The summed E-state index contributed by atoms with van der Waals surface area (Å²) in [4.78, 5) is 0. The molecule has 2 aromatic carbocycles. The van der Waals surface area contributed by atoms with Gasteiger partial charge in [0, 0.05) is 40.9 Å². The van der Waals surface area contributed by atoms with Gasteiger partial charge in [0.25, 0.3) is 0 Å². The fourth-order valence-corrected chi connectivity index (χ4v) is 11.2. The van der Waals surface area contributed by atoms with Crippen molar-refractivity contribution in [2.45, 2.75) is 92.4 Å². The van der Waals surface area contributed by atoms with E-state index in [1.165, 1.54) is 82.7 Å². The van der Waals surface area contributed by atoms with Gasteiger partial charge in [-0.25, -0.2) is 0 Å². The summed E-state index contributed by atoms with van der Waals surface area (Å²) >= 11 is 14.8. The van der Waals surface area contributed by atoms with E-state index < -0.39 is 0 Å². The Labute approximate surface area is 289 Å². The quantitative estimate of drug-likeness (QED) is 0.160. The maximum Gasteiger partial charge on any atom is 0.156 e. The van der Waals surface area contributed by atoms with Crippen molar-refractivity contribution in [3.8, 4) is 0 Å². The van der Waals surface area contributed by atoms with Gasteiger partial charge in [-0.05, 0) is 168 Å². The minimum absolute atomic E-state index is 0.147. The van der Waals surface area contributed by atoms with Crippen LogP contribution in [0.2, 0.25) is 0 Å². The van der Waals surface area contributed by atoms with Crippen LogP contribution >= 0.6 is 37.9 Å². The molecule has 4 saturated carbocycles. The van der Waals surface area contributed by atoms with Crippen molar-refractivity contribution in [1.29, 1.82) is 0 Å². The number of thiol groups is 3. The average molecular weight is 652 g/mol. The highest BCUT2D eigenvalue weighted by molar-refractivity contribution is 7.80. The van der Waals surface area contributed by atoms with E-state index in [0.29, 0.717) is 16.2 Å². The first-order chi connectivity index (χ1) is 21.2. The Morgan fingerprint density at radius 2 is 1.22 bits per heavy atom. The van der Waals surface area contributed by atoms with Crippen LogP contribution < -0.4 is 10.4 Å². The first-order valence-corrected chi connectivity index (χ1v) is 18.6. The second kappa shape index (κ2) is 11.7. The highest BCUT2D eigenvalue weighted by Crippen LogP contribution is 2.76. The summed E-state index contributed by atoms with van der Waals surface area (Å²) in [6, 6.07) is 9.20. The zero-order chi connectivity index (χ0) is 32.4. The van der Waals surface area contributed by atoms with Crippen LogP contribution in [0.4, 0.5) is 0 Å². The SMILES string of the molecule is Cc1cc(C(C)(C)C)cc(C)c1C=c1c(C)cc(=C=C=C2C=CC(C34CC5(CS)CC(CS)(CC(CS)(C5)C3)C4)=C[CH+]2)cc1C. The van der Waals surface area contributed by atoms with Crippen LogP contribution in [0, 0.1) is 55.8 Å². The molecule has 0 nitrogen and oxygen atoms in total. The minimum atomic E-state index is 0.147. The summed E-state index contributed by atoms with van der Waals surface area (Å²) in [6.45, 7) is 15.8. The fraction of sp³-hybridized carbons (Fsp3) is 0.500. The molecular formula is C42H51S3+. The molecule has 45 heavy (non-hydrogen) atoms. The van der Waals surface area contributed by atoms with Crippen LogP contribution in [-0.4, -0.2) is 17.3 Å². The number of allylic oxidation sites excluding steroid dienone is 5. The smallest absolute Gasteiger partial charge is 0.156 e. The van der Waals surface area contributed by atoms with Gasteiger partial charge in [0.05, 0.1) is 5.73 Å². The van der Waals surface area contributed by atoms with Gasteiger partial charge >= 0.3 is 0 Å². The van der Waals surface area contributed by atoms with Crippen LogP contribution in [0.1, 0.15) is 92.7 Å². The molecule has 5 aliphatic carbocycles. The number of benzene rings is 2. The molecule has 0 saturated heterocycles. The van der Waals surface area contributed by atoms with E-state index >= 15 is 0 Å². The third kappa shape index (κ3) is 6.03. The van der Waals surface area contributed by atoms with E-state index in [9.17, 15) is 0 Å². The van der Waals surface area contributed by atoms with Gasteiger partial charge in [-0.15, -0.1) is 0 Å². The second-order valence-electron chi connectivity index (χ2n) is 16.6. The number of aryl methyl sites for hydroxylation is 4. The van der Waals surface area contributed by atoms with E-state index in [0.717, 1.165) is 28.1 Å². The lowest BCUT2D eigenvalue weighted by molar-refractivity contribution is -0.162. The van der Waals surface area contributed by atoms with Gasteiger partial charge < -0.3 is 0 Å². The third-order valence-corrected chi connectivity index (χ3v) is 13.6. The van der Waals surface area contributed by atoms with Crippen LogP contribution in [0.15, 0.2) is 59.4 Å². The van der Waals surface area contributed by atoms with Gasteiger partial charge in [-0.1, -0.05) is 32.9 Å². The normalized spacial score (nSPS) is 30.1. The Hall–Kier alpha value is -1.86. The van der Waals surface area contributed by atoms with Crippen molar-refractivity contribution >= 4 is 49.7 Å². The van der Waals surface area contributed by atoms with Crippen LogP contribution in [-0.2, 0) is 5.41 Å². The predicted octanol–water partition coefficient (Wildman–Crippen LogP) is 9.32. The van der Waals surface area contributed by atoms with Gasteiger partial charge in [0.1, 0.15) is 0 Å². The lowest BCUT2D eigenvalue weighted by Gasteiger charge is -2.70. The maximum atomic E-state index is 4.94. The monoisotopic (exact) mass is 651 g/mol. The molecule has 0 heterocycles. The third-order valence-electron chi connectivity index (χ3n) is 11.6. The Morgan fingerprint density at radius 3 is 1.64 bits per heavy atom. The topological polar surface area (TPSA) is 0 Å². The summed E-state index contributed by atoms with van der Waals surface area (Å²) in [5, 5.41) is 2.37. The molecule has 0 unspecified atom stereocenters. The largest absolute Gasteiger partial charge is 0.179 e. The van der Waals surface area contributed by atoms with Gasteiger partial charge in [0.15, 0.2) is 5.57 Å². The molecule has 0 aliphatic heterocycles. The van der Waals surface area contributed by atoms with Crippen molar-refractivity contribution in [2.24, 2.45) is 21.7 Å². The number of hydrogen-bond acceptors (Lipinski definition) is 3. The van der Waals surface area contributed by atoms with Crippen LogP contribution in [0.25, 0.3) is 11.8 Å². The van der Waals surface area contributed by atoms with Crippen molar-refractivity contribution < 1.29 is 0 Å². The zero-order valence-electron chi connectivity index (χ0n) is 28.4. The molecular weight excluding hydrogens is 601 g/mol. The minimum Gasteiger partial charge on any atom is -0.179 e. The standard InChI is InChI=1S/C42H50S3/c1-28-14-33(15-29(2)36(28)18-37-30(3)16-35(17-31(37)4)38(5,6)7)9-8-32-10-12-34(13-11-32)42-22-39(25-43)19-40(23-42,26-44)21-41(20-39,24-42)27-45/h10-18H,19-27H2,1-7H3,(H2-,43,44,45)/p+1. The molecule has 0 aromatic heterocycles. The molecule has 7 rings (SSSR count). The number of rotatable bonds is 5. The molecule has 4 fully saturated rings. The van der Waals surface area contributed by atoms with Crippen LogP contribution in [0.5, 0.6) is 0 Å². The molecule has 0 atom stereocenters. The fourth-order valence-electron chi connectivity index (χ4n) is 10.2. The van der Waals surface area contributed by atoms with E-state index in [2.05, 4.69) is 115 Å². The molecule has 2 aromatic rings. The highest BCUT2D eigenvalue weighted by Gasteiger charge is 2.68. The summed E-state index contributed by atoms with van der Waals surface area (Å²) in [5.41, 5.74) is 18.8. The van der Waals surface area contributed by atoms with Crippen molar-refractivity contribution in [2.75, 3.05) is 17.3 Å². The van der Waals surface area contributed by atoms with E-state index in [4.69, 9.17) is 37.9 Å². The highest BCUT2D eigenvalue weighted by atomic mass is 32.1. The molecule has 5 aliphatic rings. The Kier molecular flexibility index (Phi) is 8.58. The summed E-state index contributed by atoms with van der Waals surface area (Å²) < 4.78 is 0. The van der Waals surface area contributed by atoms with Crippen LogP contribution in [0.3, 0.4) is 0 Å². The van der Waals surface area contributed by atoms with E-state index in [-0.39, 0.29) is 10.8 Å². The molecule has 4 bridgehead atoms. The first kappa shape index (κ1) is 33.1. The first-order valence-electron chi connectivity index (χ1n) is 16.7. The molecule has 236 valence electrons. The van der Waals surface area contributed by atoms with E-state index in [1.807, 2.05) is 0 Å². The summed E-state index contributed by atoms with van der Waals surface area (Å²) in [7, 11) is 0. The van der Waals surface area contributed by atoms with Crippen molar-refractivity contribution in [3.05, 3.63) is 110 Å². The van der Waals surface area contributed by atoms with Gasteiger partial charge in [-0.2, -0.15) is 37.9 Å². The van der Waals surface area contributed by atoms with Gasteiger partial charge in [0.2, 0.25) is 0 Å². The predicted molar refractivity (Wildman–Crippen MR) is 204 cm³/mol. The lowest BCUT2D eigenvalue weighted by atomic mass is 9.35. The zero-order valence-corrected chi connectivity index (χ0v) is 31.1. The molecule has 0 amide bonds. The van der Waals surface area contributed by atoms with Crippen molar-refractivity contribution in [3.63, 3.8) is 0 Å². The van der Waals surface area contributed by atoms with E-state index in [1.54, 1.807) is 0 Å². The summed E-state index contributed by atoms with van der Waals surface area (Å²) in [5.74, 6) is 2.92. The Balaban J connectivity index is 1.31. The van der Waals surface area contributed by atoms with Crippen molar-refractivity contribution in [1.82, 2.24) is 0 Å². The maximum absolute atomic E-state index is 4.94.